The molecule has 3 aromatic rings. The predicted molar refractivity (Wildman–Crippen MR) is 95.1 cm³/mol. The molecule has 7 nitrogen and oxygen atoms in total. The molecule has 0 unspecified atom stereocenters. The Labute approximate surface area is 145 Å². The summed E-state index contributed by atoms with van der Waals surface area (Å²) in [4.78, 5) is 14.2. The molecular formula is C18H19N5O2. The molecule has 0 aliphatic carbocycles. The Morgan fingerprint density at radius 1 is 1.16 bits per heavy atom. The van der Waals surface area contributed by atoms with Gasteiger partial charge in [0.05, 0.1) is 0 Å². The zero-order valence-electron chi connectivity index (χ0n) is 14.4. The number of aryl methyl sites for hydroxylation is 2. The van der Waals surface area contributed by atoms with Gasteiger partial charge in [0.15, 0.2) is 17.3 Å². The van der Waals surface area contributed by atoms with Crippen LogP contribution >= 0.6 is 0 Å². The predicted octanol–water partition coefficient (Wildman–Crippen LogP) is 3.49. The molecule has 1 N–H and O–H groups in total. The molecule has 0 saturated carbocycles. The van der Waals surface area contributed by atoms with E-state index in [1.807, 2.05) is 36.9 Å². The number of carbonyl (C=O) groups excluding carboxylic acids is 1. The SMILES string of the molecule is CCN(c1cccc(C)c1)c1ccc(C(=O)Nc2cc(C)on2)nn1. The number of hydrogen-bond acceptors (Lipinski definition) is 6. The Kier molecular flexibility index (Phi) is 4.74. The lowest BCUT2D eigenvalue weighted by atomic mass is 10.2. The van der Waals surface area contributed by atoms with Crippen molar-refractivity contribution in [3.05, 3.63) is 59.5 Å². The van der Waals surface area contributed by atoms with Gasteiger partial charge in [0.2, 0.25) is 0 Å². The number of carbonyl (C=O) groups is 1. The van der Waals surface area contributed by atoms with E-state index >= 15 is 0 Å². The Hall–Kier alpha value is -3.22. The largest absolute Gasteiger partial charge is 0.360 e. The summed E-state index contributed by atoms with van der Waals surface area (Å²) in [7, 11) is 0. The summed E-state index contributed by atoms with van der Waals surface area (Å²) in [5.41, 5.74) is 2.42. The van der Waals surface area contributed by atoms with Gasteiger partial charge in [-0.25, -0.2) is 0 Å². The van der Waals surface area contributed by atoms with E-state index in [1.54, 1.807) is 25.1 Å². The second-order valence-electron chi connectivity index (χ2n) is 5.64. The third-order valence-electron chi connectivity index (χ3n) is 3.66. The Morgan fingerprint density at radius 2 is 2.00 bits per heavy atom. The topological polar surface area (TPSA) is 84.2 Å². The average Bonchev–Trinajstić information content (AvgIpc) is 3.01. The van der Waals surface area contributed by atoms with Gasteiger partial charge in [0.1, 0.15) is 5.76 Å². The van der Waals surface area contributed by atoms with Crippen molar-refractivity contribution in [3.8, 4) is 0 Å². The number of hydrogen-bond donors (Lipinski definition) is 1. The summed E-state index contributed by atoms with van der Waals surface area (Å²) in [6.07, 6.45) is 0. The smallest absolute Gasteiger partial charge is 0.277 e. The van der Waals surface area contributed by atoms with Crippen LogP contribution in [0, 0.1) is 13.8 Å². The van der Waals surface area contributed by atoms with Crippen molar-refractivity contribution in [2.45, 2.75) is 20.8 Å². The van der Waals surface area contributed by atoms with Crippen molar-refractivity contribution in [1.29, 1.82) is 0 Å². The molecule has 1 amide bonds. The van der Waals surface area contributed by atoms with Gasteiger partial charge in [-0.05, 0) is 50.6 Å². The normalized spacial score (nSPS) is 10.5. The van der Waals surface area contributed by atoms with E-state index in [2.05, 4.69) is 26.7 Å². The van der Waals surface area contributed by atoms with Gasteiger partial charge in [0, 0.05) is 18.3 Å². The minimum atomic E-state index is -0.383. The van der Waals surface area contributed by atoms with Gasteiger partial charge < -0.3 is 14.7 Å². The zero-order chi connectivity index (χ0) is 17.8. The molecule has 1 aromatic carbocycles. The van der Waals surface area contributed by atoms with Crippen LogP contribution in [0.2, 0.25) is 0 Å². The van der Waals surface area contributed by atoms with Crippen molar-refractivity contribution >= 4 is 23.2 Å². The number of nitrogens with zero attached hydrogens (tertiary/aromatic N) is 4. The lowest BCUT2D eigenvalue weighted by molar-refractivity contribution is 0.102. The van der Waals surface area contributed by atoms with Crippen LogP contribution in [0.15, 0.2) is 47.0 Å². The van der Waals surface area contributed by atoms with E-state index in [0.717, 1.165) is 12.2 Å². The highest BCUT2D eigenvalue weighted by Crippen LogP contribution is 2.23. The standard InChI is InChI=1S/C18H19N5O2/c1-4-23(14-7-5-6-12(2)10-14)17-9-8-15(20-21-17)18(24)19-16-11-13(3)25-22-16/h5-11H,4H2,1-3H3,(H,19,22,24). The second-order valence-corrected chi connectivity index (χ2v) is 5.64. The molecule has 0 saturated heterocycles. The molecule has 0 atom stereocenters. The van der Waals surface area contributed by atoms with Crippen LogP contribution in [0.1, 0.15) is 28.7 Å². The van der Waals surface area contributed by atoms with E-state index in [-0.39, 0.29) is 11.6 Å². The first-order chi connectivity index (χ1) is 12.1. The van der Waals surface area contributed by atoms with E-state index in [9.17, 15) is 4.79 Å². The molecule has 3 rings (SSSR count). The number of benzene rings is 1. The second kappa shape index (κ2) is 7.12. The minimum absolute atomic E-state index is 0.213. The van der Waals surface area contributed by atoms with E-state index < -0.39 is 0 Å². The van der Waals surface area contributed by atoms with Crippen LogP contribution in [-0.4, -0.2) is 27.8 Å². The molecular weight excluding hydrogens is 318 g/mol. The molecule has 128 valence electrons. The van der Waals surface area contributed by atoms with Crippen LogP contribution in [0.5, 0.6) is 0 Å². The Morgan fingerprint density at radius 3 is 2.60 bits per heavy atom. The van der Waals surface area contributed by atoms with Crippen molar-refractivity contribution in [1.82, 2.24) is 15.4 Å². The monoisotopic (exact) mass is 337 g/mol. The molecule has 0 aliphatic heterocycles. The molecule has 7 heteroatoms. The summed E-state index contributed by atoms with van der Waals surface area (Å²) in [5, 5.41) is 14.6. The summed E-state index contributed by atoms with van der Waals surface area (Å²) in [6.45, 7) is 6.57. The number of nitrogens with one attached hydrogen (secondary N) is 1. The Balaban J connectivity index is 1.77. The first-order valence-electron chi connectivity index (χ1n) is 7.99. The fraction of sp³-hybridized carbons (Fsp3) is 0.222. The highest BCUT2D eigenvalue weighted by Gasteiger charge is 2.14. The highest BCUT2D eigenvalue weighted by atomic mass is 16.5. The third kappa shape index (κ3) is 3.82. The van der Waals surface area contributed by atoms with Gasteiger partial charge in [-0.1, -0.05) is 17.3 Å². The summed E-state index contributed by atoms with van der Waals surface area (Å²) in [5.74, 6) is 1.27. The molecule has 0 bridgehead atoms. The quantitative estimate of drug-likeness (QED) is 0.767. The summed E-state index contributed by atoms with van der Waals surface area (Å²) in [6, 6.07) is 13.2. The Bertz CT molecular complexity index is 873. The van der Waals surface area contributed by atoms with Crippen LogP contribution in [0.3, 0.4) is 0 Å². The molecule has 25 heavy (non-hydrogen) atoms. The average molecular weight is 337 g/mol. The maximum Gasteiger partial charge on any atom is 0.277 e. The van der Waals surface area contributed by atoms with Crippen LogP contribution in [0.25, 0.3) is 0 Å². The van der Waals surface area contributed by atoms with Gasteiger partial charge in [-0.3, -0.25) is 4.79 Å². The fourth-order valence-electron chi connectivity index (χ4n) is 2.47. The summed E-state index contributed by atoms with van der Waals surface area (Å²) >= 11 is 0. The van der Waals surface area contributed by atoms with Crippen molar-refractivity contribution < 1.29 is 9.32 Å². The lowest BCUT2D eigenvalue weighted by Crippen LogP contribution is -2.20. The van der Waals surface area contributed by atoms with Gasteiger partial charge in [0.25, 0.3) is 5.91 Å². The van der Waals surface area contributed by atoms with Gasteiger partial charge >= 0.3 is 0 Å². The van der Waals surface area contributed by atoms with E-state index in [4.69, 9.17) is 4.52 Å². The van der Waals surface area contributed by atoms with Crippen LogP contribution in [0.4, 0.5) is 17.3 Å². The number of rotatable bonds is 5. The maximum absolute atomic E-state index is 12.2. The number of aromatic nitrogens is 3. The zero-order valence-corrected chi connectivity index (χ0v) is 14.4. The minimum Gasteiger partial charge on any atom is -0.360 e. The van der Waals surface area contributed by atoms with Crippen LogP contribution < -0.4 is 10.2 Å². The molecule has 0 spiro atoms. The van der Waals surface area contributed by atoms with Crippen LogP contribution in [-0.2, 0) is 0 Å². The van der Waals surface area contributed by atoms with Crippen molar-refractivity contribution in [3.63, 3.8) is 0 Å². The molecule has 0 aliphatic rings. The molecule has 0 radical (unpaired) electrons. The van der Waals surface area contributed by atoms with Gasteiger partial charge in [-0.2, -0.15) is 0 Å². The first kappa shape index (κ1) is 16.6. The lowest BCUT2D eigenvalue weighted by Gasteiger charge is -2.21. The number of anilines is 3. The number of amides is 1. The molecule has 2 aromatic heterocycles. The first-order valence-corrected chi connectivity index (χ1v) is 7.99. The van der Waals surface area contributed by atoms with Crippen molar-refractivity contribution in [2.24, 2.45) is 0 Å². The third-order valence-corrected chi connectivity index (χ3v) is 3.66. The molecule has 0 fully saturated rings. The summed E-state index contributed by atoms with van der Waals surface area (Å²) < 4.78 is 4.92. The van der Waals surface area contributed by atoms with Gasteiger partial charge in [-0.15, -0.1) is 10.2 Å². The van der Waals surface area contributed by atoms with E-state index in [1.165, 1.54) is 5.56 Å². The maximum atomic E-state index is 12.2. The molecule has 2 heterocycles. The highest BCUT2D eigenvalue weighted by molar-refractivity contribution is 6.02. The van der Waals surface area contributed by atoms with E-state index in [0.29, 0.717) is 17.4 Å². The van der Waals surface area contributed by atoms with Crippen molar-refractivity contribution in [2.75, 3.05) is 16.8 Å². The fourth-order valence-corrected chi connectivity index (χ4v) is 2.47.